The Bertz CT molecular complexity index is 1260. The lowest BCUT2D eigenvalue weighted by atomic mass is 9.92. The maximum absolute atomic E-state index is 12.6. The minimum Gasteiger partial charge on any atom is -0.508 e. The standard InChI is InChI=1S/C20H17N7O3/c1-2-30-14-9-5-11(6-10-14)16-15-17(19(29)23-22-16)21-20-24-25-26-27(20)18(15)12-3-7-13(28)8-4-12/h3-10,18,28H,2H2,1H3,(H,23,29)(H,21,24,26)/t18-/m1/s1. The third kappa shape index (κ3) is 2.85. The maximum atomic E-state index is 12.6. The first-order valence-electron chi connectivity index (χ1n) is 9.35. The van der Waals surface area contributed by atoms with E-state index >= 15 is 0 Å². The zero-order valence-corrected chi connectivity index (χ0v) is 15.9. The smallest absolute Gasteiger partial charge is 0.288 e. The van der Waals surface area contributed by atoms with E-state index in [2.05, 4.69) is 31.0 Å². The summed E-state index contributed by atoms with van der Waals surface area (Å²) in [5, 5.41) is 31.4. The fraction of sp³-hybridized carbons (Fsp3) is 0.150. The number of phenolic OH excluding ortho intramolecular Hbond substituents is 1. The molecule has 0 bridgehead atoms. The lowest BCUT2D eigenvalue weighted by Gasteiger charge is -2.27. The summed E-state index contributed by atoms with van der Waals surface area (Å²) in [4.78, 5) is 12.6. The third-order valence-electron chi connectivity index (χ3n) is 4.92. The van der Waals surface area contributed by atoms with E-state index in [0.717, 1.165) is 16.9 Å². The Hall–Kier alpha value is -4.21. The van der Waals surface area contributed by atoms with E-state index in [-0.39, 0.29) is 11.3 Å². The molecule has 3 N–H and O–H groups in total. The quantitative estimate of drug-likeness (QED) is 0.416. The van der Waals surface area contributed by atoms with Crippen LogP contribution in [0.2, 0.25) is 0 Å². The number of hydrogen-bond acceptors (Lipinski definition) is 8. The minimum atomic E-state index is -0.511. The summed E-state index contributed by atoms with van der Waals surface area (Å²) in [7, 11) is 0. The van der Waals surface area contributed by atoms with Gasteiger partial charge in [0.05, 0.1) is 12.3 Å². The molecule has 10 heteroatoms. The first-order chi connectivity index (χ1) is 14.7. The van der Waals surface area contributed by atoms with Crippen molar-refractivity contribution in [2.24, 2.45) is 0 Å². The van der Waals surface area contributed by atoms with Crippen LogP contribution in [-0.2, 0) is 0 Å². The van der Waals surface area contributed by atoms with Gasteiger partial charge in [-0.1, -0.05) is 17.2 Å². The molecule has 5 rings (SSSR count). The Morgan fingerprint density at radius 1 is 1.13 bits per heavy atom. The van der Waals surface area contributed by atoms with Gasteiger partial charge >= 0.3 is 0 Å². The molecule has 0 radical (unpaired) electrons. The molecular weight excluding hydrogens is 386 g/mol. The van der Waals surface area contributed by atoms with Crippen LogP contribution in [0.5, 0.6) is 11.5 Å². The summed E-state index contributed by atoms with van der Waals surface area (Å²) in [6.07, 6.45) is 0. The van der Waals surface area contributed by atoms with Gasteiger partial charge in [-0.05, 0) is 59.3 Å². The van der Waals surface area contributed by atoms with Gasteiger partial charge in [0.15, 0.2) is 0 Å². The number of tetrazole rings is 1. The number of H-pyrrole nitrogens is 1. The van der Waals surface area contributed by atoms with E-state index in [0.29, 0.717) is 29.5 Å². The van der Waals surface area contributed by atoms with Crippen molar-refractivity contribution in [3.8, 4) is 22.8 Å². The predicted octanol–water partition coefficient (Wildman–Crippen LogP) is 2.22. The minimum absolute atomic E-state index is 0.139. The predicted molar refractivity (Wildman–Crippen MR) is 108 cm³/mol. The molecule has 0 fully saturated rings. The van der Waals surface area contributed by atoms with Crippen molar-refractivity contribution >= 4 is 11.6 Å². The SMILES string of the molecule is CCOc1ccc(-c2n[nH]c(=O)c3c2[C@@H](c2ccc(O)cc2)n2nnnc2N3)cc1. The van der Waals surface area contributed by atoms with Gasteiger partial charge in [-0.25, -0.2) is 5.10 Å². The van der Waals surface area contributed by atoms with Gasteiger partial charge in [0, 0.05) is 11.1 Å². The molecule has 4 aromatic rings. The van der Waals surface area contributed by atoms with E-state index in [4.69, 9.17) is 4.74 Å². The van der Waals surface area contributed by atoms with Crippen LogP contribution in [0.15, 0.2) is 53.3 Å². The fourth-order valence-electron chi connectivity index (χ4n) is 3.60. The third-order valence-corrected chi connectivity index (χ3v) is 4.92. The van der Waals surface area contributed by atoms with Gasteiger partial charge < -0.3 is 15.2 Å². The van der Waals surface area contributed by atoms with Crippen molar-refractivity contribution in [2.45, 2.75) is 13.0 Å². The first kappa shape index (κ1) is 17.9. The number of anilines is 2. The number of aromatic hydroxyl groups is 1. The zero-order chi connectivity index (χ0) is 20.7. The van der Waals surface area contributed by atoms with Crippen molar-refractivity contribution in [1.29, 1.82) is 0 Å². The van der Waals surface area contributed by atoms with Crippen LogP contribution in [-0.4, -0.2) is 42.1 Å². The lowest BCUT2D eigenvalue weighted by molar-refractivity contribution is 0.340. The van der Waals surface area contributed by atoms with E-state index in [9.17, 15) is 9.90 Å². The second-order valence-corrected chi connectivity index (χ2v) is 6.71. The number of fused-ring (bicyclic) bond motifs is 2. The summed E-state index contributed by atoms with van der Waals surface area (Å²) in [5.74, 6) is 1.23. The van der Waals surface area contributed by atoms with E-state index in [1.165, 1.54) is 0 Å². The Labute approximate surface area is 170 Å². The largest absolute Gasteiger partial charge is 0.508 e. The summed E-state index contributed by atoms with van der Waals surface area (Å²) in [5.41, 5.74) is 2.76. The Balaban J connectivity index is 1.73. The Morgan fingerprint density at radius 3 is 2.63 bits per heavy atom. The van der Waals surface area contributed by atoms with Gasteiger partial charge in [-0.2, -0.15) is 9.78 Å². The average molecular weight is 403 g/mol. The van der Waals surface area contributed by atoms with Crippen LogP contribution in [0.25, 0.3) is 11.3 Å². The summed E-state index contributed by atoms with van der Waals surface area (Å²) >= 11 is 0. The maximum Gasteiger partial charge on any atom is 0.288 e. The average Bonchev–Trinajstić information content (AvgIpc) is 3.23. The van der Waals surface area contributed by atoms with Gasteiger partial charge in [0.25, 0.3) is 5.56 Å². The molecule has 150 valence electrons. The first-order valence-corrected chi connectivity index (χ1v) is 9.35. The molecule has 1 aliphatic rings. The molecule has 2 aromatic heterocycles. The van der Waals surface area contributed by atoms with Crippen molar-refractivity contribution in [1.82, 2.24) is 30.4 Å². The van der Waals surface area contributed by atoms with Crippen molar-refractivity contribution in [3.63, 3.8) is 0 Å². The molecule has 30 heavy (non-hydrogen) atoms. The highest BCUT2D eigenvalue weighted by atomic mass is 16.5. The molecule has 2 aromatic carbocycles. The van der Waals surface area contributed by atoms with E-state index < -0.39 is 6.04 Å². The second kappa shape index (κ2) is 6.99. The van der Waals surface area contributed by atoms with Crippen molar-refractivity contribution in [2.75, 3.05) is 11.9 Å². The van der Waals surface area contributed by atoms with Crippen LogP contribution < -0.4 is 15.6 Å². The monoisotopic (exact) mass is 403 g/mol. The molecule has 0 aliphatic carbocycles. The molecule has 1 atom stereocenters. The fourth-order valence-corrected chi connectivity index (χ4v) is 3.60. The number of phenols is 1. The van der Waals surface area contributed by atoms with E-state index in [1.807, 2.05) is 31.2 Å². The van der Waals surface area contributed by atoms with Gasteiger partial charge in [0.1, 0.15) is 23.2 Å². The molecule has 0 saturated carbocycles. The number of aromatic amines is 1. The molecule has 0 unspecified atom stereocenters. The molecule has 0 spiro atoms. The molecule has 10 nitrogen and oxygen atoms in total. The van der Waals surface area contributed by atoms with Crippen LogP contribution in [0.3, 0.4) is 0 Å². The summed E-state index contributed by atoms with van der Waals surface area (Å²) in [6.45, 7) is 2.49. The number of rotatable bonds is 4. The van der Waals surface area contributed by atoms with Crippen LogP contribution in [0.4, 0.5) is 11.6 Å². The molecule has 0 amide bonds. The highest BCUT2D eigenvalue weighted by molar-refractivity contribution is 5.75. The Kier molecular flexibility index (Phi) is 4.16. The summed E-state index contributed by atoms with van der Waals surface area (Å²) < 4.78 is 7.11. The molecule has 1 aliphatic heterocycles. The molecule has 0 saturated heterocycles. The highest BCUT2D eigenvalue weighted by Crippen LogP contribution is 2.41. The van der Waals surface area contributed by atoms with Crippen molar-refractivity contribution in [3.05, 3.63) is 70.0 Å². The molecule has 3 heterocycles. The van der Waals surface area contributed by atoms with Crippen LogP contribution in [0.1, 0.15) is 24.1 Å². The topological polar surface area (TPSA) is 131 Å². The normalized spacial score (nSPS) is 14.5. The van der Waals surface area contributed by atoms with Crippen LogP contribution in [0, 0.1) is 0 Å². The number of aromatic nitrogens is 6. The number of hydrogen-bond donors (Lipinski definition) is 3. The number of ether oxygens (including phenoxy) is 1. The van der Waals surface area contributed by atoms with Gasteiger partial charge in [-0.15, -0.1) is 0 Å². The van der Waals surface area contributed by atoms with Gasteiger partial charge in [-0.3, -0.25) is 4.79 Å². The highest BCUT2D eigenvalue weighted by Gasteiger charge is 2.34. The number of nitrogens with zero attached hydrogens (tertiary/aromatic N) is 5. The molecular formula is C20H17N7O3. The number of benzene rings is 2. The van der Waals surface area contributed by atoms with Crippen molar-refractivity contribution < 1.29 is 9.84 Å². The van der Waals surface area contributed by atoms with E-state index in [1.54, 1.807) is 28.9 Å². The zero-order valence-electron chi connectivity index (χ0n) is 15.9. The lowest BCUT2D eigenvalue weighted by Crippen LogP contribution is -2.29. The summed E-state index contributed by atoms with van der Waals surface area (Å²) in [6, 6.07) is 13.7. The van der Waals surface area contributed by atoms with Crippen LogP contribution >= 0.6 is 0 Å². The Morgan fingerprint density at radius 2 is 1.90 bits per heavy atom. The second-order valence-electron chi connectivity index (χ2n) is 6.71. The number of nitrogens with one attached hydrogen (secondary N) is 2. The van der Waals surface area contributed by atoms with Gasteiger partial charge in [0.2, 0.25) is 5.95 Å².